The minimum atomic E-state index is 0.0212. The molecule has 2 heterocycles. The van der Waals surface area contributed by atoms with Gasteiger partial charge >= 0.3 is 0 Å². The fraction of sp³-hybridized carbons (Fsp3) is 0.625. The van der Waals surface area contributed by atoms with Crippen LogP contribution >= 0.6 is 0 Å². The maximum Gasteiger partial charge on any atom is 0.220 e. The average Bonchev–Trinajstić information content (AvgIpc) is 2.49. The highest BCUT2D eigenvalue weighted by Crippen LogP contribution is 2.22. The Kier molecular flexibility index (Phi) is 5.53. The van der Waals surface area contributed by atoms with Gasteiger partial charge in [0.05, 0.1) is 6.04 Å². The van der Waals surface area contributed by atoms with Gasteiger partial charge in [0, 0.05) is 18.8 Å². The number of hydrogen-bond acceptors (Lipinski definition) is 3. The standard InChI is InChI=1S/C16H25N3O/c1-12(14-5-3-7-17-10-14)9-16(20)19-13(2)15-6-4-8-18-11-15/h4,6,8,11-14,17H,3,5,7,9-10H2,1-2H3,(H,19,20)/t12?,13-,14?/m1/s1. The quantitative estimate of drug-likeness (QED) is 0.867. The number of amides is 1. The van der Waals surface area contributed by atoms with E-state index in [1.807, 2.05) is 19.1 Å². The Balaban J connectivity index is 1.79. The van der Waals surface area contributed by atoms with Crippen molar-refractivity contribution >= 4 is 5.91 Å². The Hall–Kier alpha value is -1.42. The van der Waals surface area contributed by atoms with Crippen molar-refractivity contribution in [1.82, 2.24) is 15.6 Å². The van der Waals surface area contributed by atoms with E-state index in [-0.39, 0.29) is 11.9 Å². The minimum Gasteiger partial charge on any atom is -0.350 e. The van der Waals surface area contributed by atoms with E-state index in [1.165, 1.54) is 12.8 Å². The summed E-state index contributed by atoms with van der Waals surface area (Å²) in [6.07, 6.45) is 6.62. The van der Waals surface area contributed by atoms with Crippen molar-refractivity contribution in [3.05, 3.63) is 30.1 Å². The molecule has 3 atom stereocenters. The third-order valence-electron chi connectivity index (χ3n) is 4.21. The van der Waals surface area contributed by atoms with Crippen molar-refractivity contribution in [2.45, 2.75) is 39.2 Å². The van der Waals surface area contributed by atoms with Crippen LogP contribution in [0.25, 0.3) is 0 Å². The van der Waals surface area contributed by atoms with Crippen LogP contribution in [0.3, 0.4) is 0 Å². The SMILES string of the molecule is CC(CC(=O)N[C@H](C)c1cccnc1)C1CCCNC1. The van der Waals surface area contributed by atoms with Crippen LogP contribution in [0.15, 0.2) is 24.5 Å². The highest BCUT2D eigenvalue weighted by Gasteiger charge is 2.22. The number of nitrogens with zero attached hydrogens (tertiary/aromatic N) is 1. The third-order valence-corrected chi connectivity index (χ3v) is 4.21. The summed E-state index contributed by atoms with van der Waals surface area (Å²) >= 11 is 0. The van der Waals surface area contributed by atoms with Crippen LogP contribution < -0.4 is 10.6 Å². The molecule has 0 saturated carbocycles. The molecule has 0 aliphatic carbocycles. The van der Waals surface area contributed by atoms with Gasteiger partial charge in [-0.1, -0.05) is 13.0 Å². The predicted octanol–water partition coefficient (Wildman–Crippen LogP) is 2.28. The zero-order valence-corrected chi connectivity index (χ0v) is 12.4. The van der Waals surface area contributed by atoms with E-state index < -0.39 is 0 Å². The lowest BCUT2D eigenvalue weighted by atomic mass is 9.85. The molecule has 4 heteroatoms. The second kappa shape index (κ2) is 7.39. The van der Waals surface area contributed by atoms with Crippen molar-refractivity contribution in [2.75, 3.05) is 13.1 Å². The van der Waals surface area contributed by atoms with E-state index >= 15 is 0 Å². The Morgan fingerprint density at radius 3 is 3.05 bits per heavy atom. The first-order valence-corrected chi connectivity index (χ1v) is 7.57. The zero-order chi connectivity index (χ0) is 14.4. The monoisotopic (exact) mass is 275 g/mol. The number of hydrogen-bond donors (Lipinski definition) is 2. The molecule has 0 spiro atoms. The molecule has 0 aromatic carbocycles. The van der Waals surface area contributed by atoms with Gasteiger partial charge in [0.2, 0.25) is 5.91 Å². The van der Waals surface area contributed by atoms with Crippen LogP contribution in [0.5, 0.6) is 0 Å². The Morgan fingerprint density at radius 1 is 1.55 bits per heavy atom. The van der Waals surface area contributed by atoms with Crippen molar-refractivity contribution in [3.8, 4) is 0 Å². The lowest BCUT2D eigenvalue weighted by Crippen LogP contribution is -2.36. The third kappa shape index (κ3) is 4.30. The van der Waals surface area contributed by atoms with Gasteiger partial charge in [-0.3, -0.25) is 9.78 Å². The summed E-state index contributed by atoms with van der Waals surface area (Å²) in [4.78, 5) is 16.2. The second-order valence-electron chi connectivity index (χ2n) is 5.86. The number of carbonyl (C=O) groups excluding carboxylic acids is 1. The highest BCUT2D eigenvalue weighted by molar-refractivity contribution is 5.76. The Bertz CT molecular complexity index is 415. The van der Waals surface area contributed by atoms with Gasteiger partial charge in [0.25, 0.3) is 0 Å². The second-order valence-corrected chi connectivity index (χ2v) is 5.86. The molecule has 1 fully saturated rings. The van der Waals surface area contributed by atoms with E-state index in [1.54, 1.807) is 12.4 Å². The van der Waals surface area contributed by atoms with Crippen molar-refractivity contribution in [2.24, 2.45) is 11.8 Å². The maximum atomic E-state index is 12.1. The molecular formula is C16H25N3O. The smallest absolute Gasteiger partial charge is 0.220 e. The van der Waals surface area contributed by atoms with Gasteiger partial charge in [-0.05, 0) is 56.3 Å². The van der Waals surface area contributed by atoms with Crippen LogP contribution in [0.1, 0.15) is 44.7 Å². The summed E-state index contributed by atoms with van der Waals surface area (Å²) in [5, 5.41) is 6.48. The van der Waals surface area contributed by atoms with E-state index in [0.717, 1.165) is 18.7 Å². The predicted molar refractivity (Wildman–Crippen MR) is 80.2 cm³/mol. The molecule has 2 unspecified atom stereocenters. The summed E-state index contributed by atoms with van der Waals surface area (Å²) < 4.78 is 0. The topological polar surface area (TPSA) is 54.0 Å². The fourth-order valence-corrected chi connectivity index (χ4v) is 2.84. The number of carbonyl (C=O) groups is 1. The van der Waals surface area contributed by atoms with Crippen molar-refractivity contribution in [1.29, 1.82) is 0 Å². The molecule has 2 N–H and O–H groups in total. The van der Waals surface area contributed by atoms with Gasteiger partial charge in [-0.25, -0.2) is 0 Å². The molecule has 0 radical (unpaired) electrons. The molecule has 1 aliphatic rings. The molecule has 1 aromatic heterocycles. The van der Waals surface area contributed by atoms with Crippen LogP contribution in [0, 0.1) is 11.8 Å². The van der Waals surface area contributed by atoms with Gasteiger partial charge in [-0.2, -0.15) is 0 Å². The number of nitrogens with one attached hydrogen (secondary N) is 2. The van der Waals surface area contributed by atoms with Crippen LogP contribution in [-0.2, 0) is 4.79 Å². The number of pyridine rings is 1. The van der Waals surface area contributed by atoms with Gasteiger partial charge in [0.15, 0.2) is 0 Å². The lowest BCUT2D eigenvalue weighted by molar-refractivity contribution is -0.123. The number of rotatable bonds is 5. The molecule has 1 saturated heterocycles. The summed E-state index contributed by atoms with van der Waals surface area (Å²) in [5.74, 6) is 1.20. The first-order chi connectivity index (χ1) is 9.66. The van der Waals surface area contributed by atoms with Gasteiger partial charge in [-0.15, -0.1) is 0 Å². The molecule has 2 rings (SSSR count). The fourth-order valence-electron chi connectivity index (χ4n) is 2.84. The first-order valence-electron chi connectivity index (χ1n) is 7.57. The van der Waals surface area contributed by atoms with Crippen molar-refractivity contribution in [3.63, 3.8) is 0 Å². The zero-order valence-electron chi connectivity index (χ0n) is 12.4. The largest absolute Gasteiger partial charge is 0.350 e. The van der Waals surface area contributed by atoms with E-state index in [0.29, 0.717) is 18.3 Å². The summed E-state index contributed by atoms with van der Waals surface area (Å²) in [6.45, 7) is 6.35. The summed E-state index contributed by atoms with van der Waals surface area (Å²) in [5.41, 5.74) is 1.05. The molecule has 110 valence electrons. The van der Waals surface area contributed by atoms with Crippen LogP contribution in [0.2, 0.25) is 0 Å². The normalized spacial score (nSPS) is 22.0. The first kappa shape index (κ1) is 15.0. The van der Waals surface area contributed by atoms with Gasteiger partial charge in [0.1, 0.15) is 0 Å². The maximum absolute atomic E-state index is 12.1. The van der Waals surface area contributed by atoms with Crippen molar-refractivity contribution < 1.29 is 4.79 Å². The average molecular weight is 275 g/mol. The number of piperidine rings is 1. The molecule has 0 bridgehead atoms. The molecule has 1 aromatic rings. The Labute approximate surface area is 121 Å². The molecular weight excluding hydrogens is 250 g/mol. The molecule has 1 amide bonds. The van der Waals surface area contributed by atoms with Crippen LogP contribution in [0.4, 0.5) is 0 Å². The lowest BCUT2D eigenvalue weighted by Gasteiger charge is -2.28. The highest BCUT2D eigenvalue weighted by atomic mass is 16.1. The summed E-state index contributed by atoms with van der Waals surface area (Å²) in [7, 11) is 0. The van der Waals surface area contributed by atoms with E-state index in [4.69, 9.17) is 0 Å². The van der Waals surface area contributed by atoms with E-state index in [9.17, 15) is 4.79 Å². The summed E-state index contributed by atoms with van der Waals surface area (Å²) in [6, 6.07) is 3.91. The molecule has 4 nitrogen and oxygen atoms in total. The Morgan fingerprint density at radius 2 is 2.40 bits per heavy atom. The van der Waals surface area contributed by atoms with E-state index in [2.05, 4.69) is 22.5 Å². The molecule has 1 aliphatic heterocycles. The van der Waals surface area contributed by atoms with Gasteiger partial charge < -0.3 is 10.6 Å². The van der Waals surface area contributed by atoms with Crippen LogP contribution in [-0.4, -0.2) is 24.0 Å². The molecule has 20 heavy (non-hydrogen) atoms. The number of aromatic nitrogens is 1. The minimum absolute atomic E-state index is 0.0212.